The molecule has 0 aromatic rings. The molecule has 2 aliphatic heterocycles. The van der Waals surface area contributed by atoms with Crippen molar-refractivity contribution in [2.75, 3.05) is 0 Å². The molecule has 1 saturated heterocycles. The normalized spacial score (nSPS) is 40.7. The number of ketones is 1. The molecule has 0 amide bonds. The number of ether oxygens (including phenoxy) is 2. The summed E-state index contributed by atoms with van der Waals surface area (Å²) < 4.78 is 11.3. The Morgan fingerprint density at radius 2 is 1.70 bits per heavy atom. The molecule has 9 atom stereocenters. The third kappa shape index (κ3) is 11.1. The van der Waals surface area contributed by atoms with Crippen LogP contribution < -0.4 is 0 Å². The van der Waals surface area contributed by atoms with E-state index in [0.717, 1.165) is 24.8 Å². The molecule has 2 rings (SSSR count). The van der Waals surface area contributed by atoms with Crippen LogP contribution in [-0.2, 0) is 19.1 Å². The largest absolute Gasteiger partial charge is 0.459 e. The lowest BCUT2D eigenvalue weighted by molar-refractivity contribution is -0.146. The topological polar surface area (TPSA) is 137 Å². The lowest BCUT2D eigenvalue weighted by Crippen LogP contribution is -2.41. The molecule has 2 aliphatic rings. The van der Waals surface area contributed by atoms with Crippen molar-refractivity contribution in [3.8, 4) is 0 Å². The third-order valence-corrected chi connectivity index (χ3v) is 7.89. The minimum Gasteiger partial charge on any atom is -0.459 e. The predicted octanol–water partition coefficient (Wildman–Crippen LogP) is 4.11. The summed E-state index contributed by atoms with van der Waals surface area (Å²) in [5.74, 6) is -1.40. The number of hydrogen-bond donors (Lipinski definition) is 4. The number of hydrogen-bond acceptors (Lipinski definition) is 8. The highest BCUT2D eigenvalue weighted by Crippen LogP contribution is 2.33. The maximum Gasteiger partial charge on any atom is 0.333 e. The van der Waals surface area contributed by atoms with Crippen molar-refractivity contribution < 1.29 is 39.5 Å². The monoisotopic (exact) mass is 562 g/mol. The van der Waals surface area contributed by atoms with Crippen molar-refractivity contribution in [2.24, 2.45) is 11.8 Å². The fourth-order valence-electron chi connectivity index (χ4n) is 5.21. The van der Waals surface area contributed by atoms with Crippen LogP contribution in [0.3, 0.4) is 0 Å². The molecule has 2 heterocycles. The Morgan fingerprint density at radius 1 is 1.02 bits per heavy atom. The van der Waals surface area contributed by atoms with Crippen molar-refractivity contribution >= 4 is 11.8 Å². The smallest absolute Gasteiger partial charge is 0.333 e. The predicted molar refractivity (Wildman–Crippen MR) is 154 cm³/mol. The fourth-order valence-corrected chi connectivity index (χ4v) is 5.21. The molecule has 40 heavy (non-hydrogen) atoms. The molecule has 0 aromatic carbocycles. The number of epoxide rings is 1. The Hall–Kier alpha value is -2.10. The number of carbonyl (C=O) groups excluding carboxylic acids is 2. The van der Waals surface area contributed by atoms with Gasteiger partial charge in [-0.25, -0.2) is 4.79 Å². The summed E-state index contributed by atoms with van der Waals surface area (Å²) in [6.45, 7) is 14.7. The standard InChI is InChI=1S/C32H50O8/c1-19-13-20(2)15-28-27(40-28)12-10-8-9-11-21(3)31(37)39-24(6)16-22(4)29(35)30(36)26(34)17-25(33)18-32(7,38)23(5)14-19/h10-12,14,20,22,24-25,27-30,33,35-36,38H,1,8-9,13,15-18H2,2-7H3/b12-10+,21-11?,23-14+/t20-,22-,24+,25-,27+,28+,29+,30+,32-/m1/s1. The van der Waals surface area contributed by atoms with Crippen molar-refractivity contribution in [1.29, 1.82) is 0 Å². The van der Waals surface area contributed by atoms with Gasteiger partial charge in [0.25, 0.3) is 0 Å². The van der Waals surface area contributed by atoms with Crippen molar-refractivity contribution in [2.45, 2.75) is 129 Å². The lowest BCUT2D eigenvalue weighted by atomic mass is 9.85. The van der Waals surface area contributed by atoms with Crippen molar-refractivity contribution in [3.63, 3.8) is 0 Å². The molecule has 8 heteroatoms. The SMILES string of the molecule is C=C1/C=C(\C)[C@](C)(O)C[C@H](O)CC(=O)[C@H](O)[C@@H](O)[C@H](C)C[C@H](C)OC(=O)C(C)=CCC/C=C/[C@@H]2O[C@H]2C[C@H](C)C1. The zero-order valence-corrected chi connectivity index (χ0v) is 25.0. The van der Waals surface area contributed by atoms with E-state index in [0.29, 0.717) is 23.5 Å². The van der Waals surface area contributed by atoms with E-state index in [1.165, 1.54) is 0 Å². The molecule has 4 N–H and O–H groups in total. The van der Waals surface area contributed by atoms with Crippen LogP contribution in [0.4, 0.5) is 0 Å². The number of allylic oxidation sites excluding steroid dienone is 4. The first-order chi connectivity index (χ1) is 18.6. The molecule has 1 fully saturated rings. The average molecular weight is 563 g/mol. The first kappa shape index (κ1) is 34.1. The maximum absolute atomic E-state index is 12.6. The molecule has 0 spiro atoms. The van der Waals surface area contributed by atoms with Crippen LogP contribution in [0.25, 0.3) is 0 Å². The number of rotatable bonds is 0. The number of cyclic esters (lactones) is 1. The average Bonchev–Trinajstić information content (AvgIpc) is 3.58. The lowest BCUT2D eigenvalue weighted by Gasteiger charge is -2.29. The van der Waals surface area contributed by atoms with E-state index in [4.69, 9.17) is 9.47 Å². The Bertz CT molecular complexity index is 977. The minimum absolute atomic E-state index is 0.100. The van der Waals surface area contributed by atoms with Gasteiger partial charge >= 0.3 is 5.97 Å². The van der Waals surface area contributed by atoms with Gasteiger partial charge in [0.15, 0.2) is 5.78 Å². The molecular formula is C32H50O8. The molecule has 0 bridgehead atoms. The summed E-state index contributed by atoms with van der Waals surface area (Å²) in [5, 5.41) is 42.6. The molecule has 8 nitrogen and oxygen atoms in total. The highest BCUT2D eigenvalue weighted by atomic mass is 16.6. The van der Waals surface area contributed by atoms with Crippen LogP contribution in [-0.4, -0.2) is 74.4 Å². The quantitative estimate of drug-likeness (QED) is 0.197. The van der Waals surface area contributed by atoms with Gasteiger partial charge in [0, 0.05) is 18.4 Å². The highest BCUT2D eigenvalue weighted by Gasteiger charge is 2.37. The Morgan fingerprint density at radius 3 is 2.38 bits per heavy atom. The molecule has 0 saturated carbocycles. The second-order valence-electron chi connectivity index (χ2n) is 12.2. The van der Waals surface area contributed by atoms with Crippen LogP contribution in [0.1, 0.15) is 86.5 Å². The van der Waals surface area contributed by atoms with Crippen LogP contribution >= 0.6 is 0 Å². The van der Waals surface area contributed by atoms with Gasteiger partial charge in [0.2, 0.25) is 0 Å². The van der Waals surface area contributed by atoms with Gasteiger partial charge in [-0.2, -0.15) is 0 Å². The van der Waals surface area contributed by atoms with Crippen LogP contribution in [0.15, 0.2) is 47.6 Å². The van der Waals surface area contributed by atoms with Crippen molar-refractivity contribution in [1.82, 2.24) is 0 Å². The summed E-state index contributed by atoms with van der Waals surface area (Å²) >= 11 is 0. The van der Waals surface area contributed by atoms with Gasteiger partial charge in [0.05, 0.1) is 30.0 Å². The van der Waals surface area contributed by atoms with Gasteiger partial charge in [0.1, 0.15) is 12.2 Å². The summed E-state index contributed by atoms with van der Waals surface area (Å²) in [4.78, 5) is 25.1. The third-order valence-electron chi connectivity index (χ3n) is 7.89. The molecule has 226 valence electrons. The minimum atomic E-state index is -1.71. The number of fused-ring (bicyclic) bond motifs is 1. The van der Waals surface area contributed by atoms with Crippen LogP contribution in [0, 0.1) is 11.8 Å². The van der Waals surface area contributed by atoms with E-state index in [2.05, 4.69) is 25.7 Å². The summed E-state index contributed by atoms with van der Waals surface area (Å²) in [7, 11) is 0. The Balaban J connectivity index is 2.15. The van der Waals surface area contributed by atoms with E-state index < -0.39 is 54.1 Å². The number of carbonyl (C=O) groups is 2. The molecule has 0 aromatic heterocycles. The second-order valence-corrected chi connectivity index (χ2v) is 12.2. The maximum atomic E-state index is 12.6. The van der Waals surface area contributed by atoms with E-state index in [9.17, 15) is 30.0 Å². The number of Topliss-reactive ketones (excluding diaryl/α,β-unsaturated/α-hetero) is 1. The zero-order valence-electron chi connectivity index (χ0n) is 25.0. The molecular weight excluding hydrogens is 512 g/mol. The Labute approximate surface area is 239 Å². The highest BCUT2D eigenvalue weighted by molar-refractivity contribution is 5.87. The Kier molecular flexibility index (Phi) is 13.0. The van der Waals surface area contributed by atoms with Gasteiger partial charge in [-0.1, -0.05) is 50.3 Å². The van der Waals surface area contributed by atoms with Gasteiger partial charge in [-0.05, 0) is 77.2 Å². The van der Waals surface area contributed by atoms with Crippen LogP contribution in [0.2, 0.25) is 0 Å². The number of esters is 1. The second kappa shape index (κ2) is 15.2. The van der Waals surface area contributed by atoms with E-state index in [1.54, 1.807) is 34.6 Å². The van der Waals surface area contributed by atoms with E-state index >= 15 is 0 Å². The van der Waals surface area contributed by atoms with E-state index in [-0.39, 0.29) is 25.0 Å². The zero-order chi connectivity index (χ0) is 30.2. The summed E-state index contributed by atoms with van der Waals surface area (Å²) in [6.07, 6.45) is 5.95. The number of aliphatic hydroxyl groups excluding tert-OH is 3. The molecule has 0 aliphatic carbocycles. The van der Waals surface area contributed by atoms with Gasteiger partial charge < -0.3 is 29.9 Å². The van der Waals surface area contributed by atoms with Crippen molar-refractivity contribution in [3.05, 3.63) is 47.6 Å². The first-order valence-electron chi connectivity index (χ1n) is 14.5. The molecule has 0 unspecified atom stereocenters. The van der Waals surface area contributed by atoms with Gasteiger partial charge in [-0.15, -0.1) is 0 Å². The van der Waals surface area contributed by atoms with Crippen LogP contribution in [0.5, 0.6) is 0 Å². The summed E-state index contributed by atoms with van der Waals surface area (Å²) in [6, 6.07) is 0. The fraction of sp³-hybridized carbons (Fsp3) is 0.688. The molecule has 0 radical (unpaired) electrons. The van der Waals surface area contributed by atoms with E-state index in [1.807, 2.05) is 12.2 Å². The van der Waals surface area contributed by atoms with Gasteiger partial charge in [-0.3, -0.25) is 4.79 Å². The first-order valence-corrected chi connectivity index (χ1v) is 14.5. The summed E-state index contributed by atoms with van der Waals surface area (Å²) in [5.41, 5.74) is 0.569. The number of aliphatic hydroxyl groups is 4.